The van der Waals surface area contributed by atoms with Crippen molar-refractivity contribution < 1.29 is 19.2 Å². The van der Waals surface area contributed by atoms with Crippen LogP contribution < -0.4 is 0 Å². The summed E-state index contributed by atoms with van der Waals surface area (Å²) in [6.07, 6.45) is 1.95. The van der Waals surface area contributed by atoms with Crippen LogP contribution in [0.1, 0.15) is 47.4 Å². The molecule has 5 heteroatoms. The van der Waals surface area contributed by atoms with E-state index in [1.54, 1.807) is 38.1 Å². The van der Waals surface area contributed by atoms with Crippen molar-refractivity contribution in [3.8, 4) is 0 Å². The lowest BCUT2D eigenvalue weighted by Gasteiger charge is -2.23. The maximum Gasteiger partial charge on any atom is 0.339 e. The van der Waals surface area contributed by atoms with Crippen molar-refractivity contribution in [2.24, 2.45) is 11.3 Å². The van der Waals surface area contributed by atoms with Crippen LogP contribution in [0.4, 0.5) is 0 Å². The number of hydroxylamine groups is 2. The number of hydrogen-bond donors (Lipinski definition) is 0. The number of fused-ring (bicyclic) bond motifs is 1. The monoisotopic (exact) mass is 273 g/mol. The number of imide groups is 1. The highest BCUT2D eigenvalue weighted by molar-refractivity contribution is 6.20. The number of hydrogen-bond acceptors (Lipinski definition) is 4. The van der Waals surface area contributed by atoms with Crippen molar-refractivity contribution >= 4 is 17.8 Å². The van der Waals surface area contributed by atoms with Crippen LogP contribution >= 0.6 is 0 Å². The van der Waals surface area contributed by atoms with Gasteiger partial charge in [0.1, 0.15) is 0 Å². The van der Waals surface area contributed by atoms with Crippen LogP contribution in [-0.2, 0) is 9.63 Å². The van der Waals surface area contributed by atoms with Crippen molar-refractivity contribution in [2.45, 2.75) is 26.7 Å². The minimum absolute atomic E-state index is 0.269. The summed E-state index contributed by atoms with van der Waals surface area (Å²) in [5, 5.41) is 0.580. The van der Waals surface area contributed by atoms with Crippen LogP contribution in [0.25, 0.3) is 0 Å². The Kier molecular flexibility index (Phi) is 2.67. The molecular formula is C15H15NO4. The van der Waals surface area contributed by atoms with E-state index in [0.717, 1.165) is 12.8 Å². The van der Waals surface area contributed by atoms with E-state index in [2.05, 4.69) is 0 Å². The van der Waals surface area contributed by atoms with E-state index in [0.29, 0.717) is 5.06 Å². The van der Waals surface area contributed by atoms with Gasteiger partial charge in [-0.1, -0.05) is 17.2 Å². The topological polar surface area (TPSA) is 63.7 Å². The molecule has 104 valence electrons. The summed E-state index contributed by atoms with van der Waals surface area (Å²) >= 11 is 0. The predicted octanol–water partition coefficient (Wildman–Crippen LogP) is 2.18. The Hall–Kier alpha value is -2.17. The third-order valence-electron chi connectivity index (χ3n) is 4.06. The van der Waals surface area contributed by atoms with Crippen LogP contribution in [0.3, 0.4) is 0 Å². The lowest BCUT2D eigenvalue weighted by atomic mass is 9.88. The molecule has 0 saturated heterocycles. The third kappa shape index (κ3) is 1.81. The van der Waals surface area contributed by atoms with E-state index in [4.69, 9.17) is 4.84 Å². The van der Waals surface area contributed by atoms with Crippen molar-refractivity contribution in [2.75, 3.05) is 0 Å². The van der Waals surface area contributed by atoms with Gasteiger partial charge in [0.05, 0.1) is 16.5 Å². The van der Waals surface area contributed by atoms with Gasteiger partial charge in [-0.25, -0.2) is 4.79 Å². The second kappa shape index (κ2) is 4.16. The van der Waals surface area contributed by atoms with E-state index in [1.807, 2.05) is 0 Å². The fraction of sp³-hybridized carbons (Fsp3) is 0.400. The zero-order valence-electron chi connectivity index (χ0n) is 11.4. The molecular weight excluding hydrogens is 258 g/mol. The van der Waals surface area contributed by atoms with Gasteiger partial charge in [-0.3, -0.25) is 9.59 Å². The second-order valence-electron chi connectivity index (χ2n) is 5.82. The van der Waals surface area contributed by atoms with Crippen LogP contribution in [0, 0.1) is 11.3 Å². The molecule has 5 nitrogen and oxygen atoms in total. The van der Waals surface area contributed by atoms with Crippen molar-refractivity contribution in [1.29, 1.82) is 0 Å². The Morgan fingerprint density at radius 2 is 1.65 bits per heavy atom. The predicted molar refractivity (Wildman–Crippen MR) is 69.5 cm³/mol. The molecule has 20 heavy (non-hydrogen) atoms. The molecule has 3 rings (SSSR count). The fourth-order valence-corrected chi connectivity index (χ4v) is 2.42. The quantitative estimate of drug-likeness (QED) is 0.792. The first-order valence-electron chi connectivity index (χ1n) is 6.63. The maximum atomic E-state index is 12.2. The molecule has 1 aliphatic carbocycles. The van der Waals surface area contributed by atoms with Crippen LogP contribution in [0.2, 0.25) is 0 Å². The summed E-state index contributed by atoms with van der Waals surface area (Å²) in [4.78, 5) is 41.4. The molecule has 0 spiro atoms. The van der Waals surface area contributed by atoms with Gasteiger partial charge in [0, 0.05) is 0 Å². The van der Waals surface area contributed by atoms with Gasteiger partial charge in [-0.2, -0.15) is 0 Å². The van der Waals surface area contributed by atoms with Crippen molar-refractivity contribution in [3.05, 3.63) is 35.4 Å². The Morgan fingerprint density at radius 1 is 1.15 bits per heavy atom. The molecule has 0 radical (unpaired) electrons. The summed E-state index contributed by atoms with van der Waals surface area (Å²) in [5.74, 6) is -1.42. The van der Waals surface area contributed by atoms with Crippen molar-refractivity contribution in [1.82, 2.24) is 5.06 Å². The zero-order chi connectivity index (χ0) is 14.5. The summed E-state index contributed by atoms with van der Waals surface area (Å²) < 4.78 is 0. The van der Waals surface area contributed by atoms with Gasteiger partial charge in [0.25, 0.3) is 11.8 Å². The number of amides is 2. The zero-order valence-corrected chi connectivity index (χ0v) is 11.4. The normalized spacial score (nSPS) is 18.2. The second-order valence-corrected chi connectivity index (χ2v) is 5.82. The molecule has 2 amide bonds. The highest BCUT2D eigenvalue weighted by Gasteiger charge is 2.47. The largest absolute Gasteiger partial charge is 0.339 e. The molecule has 0 N–H and O–H groups in total. The van der Waals surface area contributed by atoms with Gasteiger partial charge in [0.15, 0.2) is 0 Å². The summed E-state index contributed by atoms with van der Waals surface area (Å²) in [6, 6.07) is 6.44. The molecule has 1 aromatic rings. The standard InChI is InChI=1S/C15H15NO4/c1-15(2,9-7-8-9)14(19)20-16-12(17)10-5-3-4-6-11(10)13(16)18/h3-6,9H,7-8H2,1-2H3. The maximum absolute atomic E-state index is 12.2. The van der Waals surface area contributed by atoms with E-state index in [9.17, 15) is 14.4 Å². The van der Waals surface area contributed by atoms with Gasteiger partial charge in [-0.15, -0.1) is 0 Å². The molecule has 1 aliphatic heterocycles. The lowest BCUT2D eigenvalue weighted by Crippen LogP contribution is -2.39. The Balaban J connectivity index is 1.81. The smallest absolute Gasteiger partial charge is 0.329 e. The molecule has 1 heterocycles. The van der Waals surface area contributed by atoms with Crippen LogP contribution in [0.15, 0.2) is 24.3 Å². The molecule has 2 aliphatic rings. The third-order valence-corrected chi connectivity index (χ3v) is 4.06. The first-order chi connectivity index (χ1) is 9.43. The number of carbonyl (C=O) groups excluding carboxylic acids is 3. The Labute approximate surface area is 116 Å². The van der Waals surface area contributed by atoms with Crippen molar-refractivity contribution in [3.63, 3.8) is 0 Å². The van der Waals surface area contributed by atoms with Gasteiger partial charge in [0.2, 0.25) is 0 Å². The Bertz CT molecular complexity index is 581. The molecule has 1 aromatic carbocycles. The molecule has 1 fully saturated rings. The minimum Gasteiger partial charge on any atom is -0.329 e. The summed E-state index contributed by atoms with van der Waals surface area (Å²) in [7, 11) is 0. The van der Waals surface area contributed by atoms with Gasteiger partial charge < -0.3 is 4.84 Å². The summed E-state index contributed by atoms with van der Waals surface area (Å²) in [5.41, 5.74) is -0.126. The van der Waals surface area contributed by atoms with Gasteiger partial charge >= 0.3 is 5.97 Å². The lowest BCUT2D eigenvalue weighted by molar-refractivity contribution is -0.180. The van der Waals surface area contributed by atoms with E-state index in [1.165, 1.54) is 0 Å². The minimum atomic E-state index is -0.671. The van der Waals surface area contributed by atoms with E-state index >= 15 is 0 Å². The van der Waals surface area contributed by atoms with Crippen LogP contribution in [0.5, 0.6) is 0 Å². The fourth-order valence-electron chi connectivity index (χ4n) is 2.42. The first-order valence-corrected chi connectivity index (χ1v) is 6.63. The highest BCUT2D eigenvalue weighted by atomic mass is 16.7. The molecule has 0 unspecified atom stereocenters. The number of rotatable bonds is 3. The SMILES string of the molecule is CC(C)(C(=O)ON1C(=O)c2ccccc2C1=O)C1CC1. The number of nitrogens with zero attached hydrogens (tertiary/aromatic N) is 1. The molecule has 1 saturated carbocycles. The first kappa shape index (κ1) is 12.8. The average Bonchev–Trinajstić information content (AvgIpc) is 3.25. The Morgan fingerprint density at radius 3 is 2.10 bits per heavy atom. The highest BCUT2D eigenvalue weighted by Crippen LogP contribution is 2.46. The summed E-state index contributed by atoms with van der Waals surface area (Å²) in [6.45, 7) is 3.57. The van der Waals surface area contributed by atoms with E-state index < -0.39 is 23.2 Å². The van der Waals surface area contributed by atoms with Crippen LogP contribution in [-0.4, -0.2) is 22.8 Å². The molecule has 0 bridgehead atoms. The van der Waals surface area contributed by atoms with Gasteiger partial charge in [-0.05, 0) is 44.7 Å². The average molecular weight is 273 g/mol. The van der Waals surface area contributed by atoms with E-state index in [-0.39, 0.29) is 17.0 Å². The molecule has 0 aromatic heterocycles. The number of carbonyl (C=O) groups is 3. The number of benzene rings is 1. The molecule has 0 atom stereocenters.